The number of rotatable bonds is 30. The van der Waals surface area contributed by atoms with Crippen LogP contribution in [0.2, 0.25) is 0 Å². The molecule has 0 heterocycles. The highest BCUT2D eigenvalue weighted by molar-refractivity contribution is 6.18. The molecule has 6 aromatic rings. The topological polar surface area (TPSA) is 177 Å². The van der Waals surface area contributed by atoms with E-state index in [2.05, 4.69) is 46.8 Å². The van der Waals surface area contributed by atoms with Gasteiger partial charge >= 0.3 is 0 Å². The number of para-hydroxylation sites is 4. The first-order valence-corrected chi connectivity index (χ1v) is 28.5. The quantitative estimate of drug-likeness (QED) is 0.0236. The third-order valence-electron chi connectivity index (χ3n) is 13.1. The zero-order valence-electron chi connectivity index (χ0n) is 46.8. The van der Waals surface area contributed by atoms with Crippen molar-refractivity contribution in [1.82, 2.24) is 0 Å². The lowest BCUT2D eigenvalue weighted by Crippen LogP contribution is -2.24. The first kappa shape index (κ1) is 69.0. The summed E-state index contributed by atoms with van der Waals surface area (Å²) in [5, 5.41) is 57.2. The zero-order chi connectivity index (χ0) is 57.8. The molecule has 0 aliphatic rings. The summed E-state index contributed by atoms with van der Waals surface area (Å²) < 4.78 is 34.4. The molecule has 12 nitrogen and oxygen atoms in total. The van der Waals surface area contributed by atoms with Gasteiger partial charge in [-0.05, 0) is 83.6 Å². The second kappa shape index (κ2) is 36.3. The van der Waals surface area contributed by atoms with Gasteiger partial charge in [0, 0.05) is 40.2 Å². The number of aliphatic hydroxyl groups excluding tert-OH is 6. The van der Waals surface area contributed by atoms with Gasteiger partial charge < -0.3 is 59.1 Å². The Morgan fingerprint density at radius 2 is 0.725 bits per heavy atom. The molecule has 0 bridgehead atoms. The number of aliphatic hydroxyl groups is 6. The van der Waals surface area contributed by atoms with Crippen molar-refractivity contribution in [3.63, 3.8) is 0 Å². The lowest BCUT2D eigenvalue weighted by atomic mass is 9.77. The fraction of sp³-hybridized carbons (Fsp3) is 0.446. The molecule has 0 saturated carbocycles. The second-order valence-electron chi connectivity index (χ2n) is 20.4. The lowest BCUT2D eigenvalue weighted by Gasteiger charge is -2.28. The van der Waals surface area contributed by atoms with Crippen molar-refractivity contribution in [2.75, 3.05) is 63.9 Å². The molecule has 0 aliphatic heterocycles. The van der Waals surface area contributed by atoms with E-state index >= 15 is 0 Å². The molecule has 6 aromatic carbocycles. The van der Waals surface area contributed by atoms with E-state index in [-0.39, 0.29) is 63.1 Å². The summed E-state index contributed by atoms with van der Waals surface area (Å²) >= 11 is 17.1. The number of alkyl halides is 3. The standard InChI is InChI=1S/2C22H29ClO4.C20H25ClO4.CH4/c1-16(12-23)14-26-19-10-8-17(9-11-19)22(2,3)20-6-4-5-7-21(20)27-15-18(25)13-24;1-4-17(24)14-26-19-11-9-16(10-12-19)22(2,3)20-7-5-6-8-21(20)27-15-18(25)13-23;1-2-17(22)13-24-19-9-5-3-7-15(19)11-16-8-4-6-10-20(16)25-14-18(23)12-21;/h4-11,16,18,24-25H,12-15H2,1-3H3;5-12,17-18,24-25H,4,13-15H2,1-3H3;3-10,17-18,22-23H,2,11-14H2,1H3;1H4. The number of ether oxygens (including phenoxy) is 6. The van der Waals surface area contributed by atoms with Gasteiger partial charge in [0.15, 0.2) is 0 Å². The summed E-state index contributed by atoms with van der Waals surface area (Å²) in [5.74, 6) is 5.62. The Labute approximate surface area is 491 Å². The van der Waals surface area contributed by atoms with Crippen LogP contribution in [-0.2, 0) is 17.3 Å². The summed E-state index contributed by atoms with van der Waals surface area (Å²) in [7, 11) is 0. The summed E-state index contributed by atoms with van der Waals surface area (Å²) in [6.45, 7) is 15.6. The lowest BCUT2D eigenvalue weighted by molar-refractivity contribution is 0.0530. The highest BCUT2D eigenvalue weighted by Crippen LogP contribution is 2.39. The molecule has 15 heteroatoms. The van der Waals surface area contributed by atoms with Gasteiger partial charge in [0.05, 0.1) is 37.2 Å². The minimum absolute atomic E-state index is 0. The molecule has 0 amide bonds. The Morgan fingerprint density at radius 3 is 1.10 bits per heavy atom. The van der Waals surface area contributed by atoms with Crippen LogP contribution in [0.1, 0.15) is 102 Å². The number of hydrogen-bond acceptors (Lipinski definition) is 12. The molecule has 6 unspecified atom stereocenters. The fourth-order valence-corrected chi connectivity index (χ4v) is 8.11. The minimum atomic E-state index is -0.895. The molecule has 0 spiro atoms. The number of halogens is 3. The van der Waals surface area contributed by atoms with Gasteiger partial charge in [-0.25, -0.2) is 0 Å². The van der Waals surface area contributed by atoms with Gasteiger partial charge in [0.2, 0.25) is 0 Å². The largest absolute Gasteiger partial charge is 0.493 e. The van der Waals surface area contributed by atoms with E-state index in [1.807, 2.05) is 147 Å². The van der Waals surface area contributed by atoms with Crippen molar-refractivity contribution in [2.24, 2.45) is 5.92 Å². The SMILES string of the molecule is C.CC(CCl)COc1ccc(C(C)(C)c2ccccc2OCC(O)CO)cc1.CCC(O)COc1ccc(C(C)(C)c2ccccc2OCC(O)CCl)cc1.CCC(O)COc1ccccc1Cc1ccccc1OCC(O)CCl. The molecule has 6 N–H and O–H groups in total. The fourth-order valence-electron chi connectivity index (χ4n) is 7.85. The van der Waals surface area contributed by atoms with Crippen LogP contribution < -0.4 is 28.4 Å². The van der Waals surface area contributed by atoms with E-state index in [0.29, 0.717) is 50.0 Å². The van der Waals surface area contributed by atoms with Gasteiger partial charge in [0.1, 0.15) is 85.8 Å². The highest BCUT2D eigenvalue weighted by atomic mass is 35.5. The van der Waals surface area contributed by atoms with E-state index in [0.717, 1.165) is 62.1 Å². The van der Waals surface area contributed by atoms with E-state index in [1.54, 1.807) is 0 Å². The monoisotopic (exact) mass is 1160 g/mol. The normalized spacial score (nSPS) is 13.5. The molecular weight excluding hydrogens is 1080 g/mol. The van der Waals surface area contributed by atoms with E-state index in [9.17, 15) is 25.5 Å². The smallest absolute Gasteiger partial charge is 0.123 e. The summed E-state index contributed by atoms with van der Waals surface area (Å²) in [4.78, 5) is 0. The van der Waals surface area contributed by atoms with Crippen molar-refractivity contribution >= 4 is 34.8 Å². The average Bonchev–Trinajstić information content (AvgIpc) is 3.50. The van der Waals surface area contributed by atoms with Crippen LogP contribution in [0.25, 0.3) is 0 Å². The first-order valence-electron chi connectivity index (χ1n) is 26.9. The Bertz CT molecular complexity index is 2440. The van der Waals surface area contributed by atoms with Crippen molar-refractivity contribution in [3.8, 4) is 34.5 Å². The highest BCUT2D eigenvalue weighted by Gasteiger charge is 2.28. The number of benzene rings is 6. The molecule has 80 heavy (non-hydrogen) atoms. The first-order chi connectivity index (χ1) is 37.9. The summed E-state index contributed by atoms with van der Waals surface area (Å²) in [6.07, 6.45) is -1.26. The van der Waals surface area contributed by atoms with Crippen LogP contribution in [0.4, 0.5) is 0 Å². The Hall–Kier alpha value is -5.25. The maximum atomic E-state index is 9.71. The maximum absolute atomic E-state index is 9.71. The van der Waals surface area contributed by atoms with Crippen molar-refractivity contribution < 1.29 is 59.1 Å². The Kier molecular flexibility index (Phi) is 31.3. The van der Waals surface area contributed by atoms with Gasteiger partial charge in [-0.15, -0.1) is 34.8 Å². The van der Waals surface area contributed by atoms with Crippen molar-refractivity contribution in [3.05, 3.63) is 179 Å². The Balaban J connectivity index is 0.000000314. The maximum Gasteiger partial charge on any atom is 0.123 e. The van der Waals surface area contributed by atoms with Gasteiger partial charge in [0.25, 0.3) is 0 Å². The third-order valence-corrected chi connectivity index (χ3v) is 14.3. The third kappa shape index (κ3) is 22.6. The van der Waals surface area contributed by atoms with Gasteiger partial charge in [-0.1, -0.05) is 153 Å². The number of hydrogen-bond donors (Lipinski definition) is 6. The molecular formula is C65H87Cl3O12. The van der Waals surface area contributed by atoms with Crippen LogP contribution in [-0.4, -0.2) is 125 Å². The van der Waals surface area contributed by atoms with E-state index < -0.39 is 30.5 Å². The minimum Gasteiger partial charge on any atom is -0.493 e. The van der Waals surface area contributed by atoms with Crippen LogP contribution >= 0.6 is 34.8 Å². The molecule has 6 atom stereocenters. The second-order valence-corrected chi connectivity index (χ2v) is 21.3. The molecule has 0 aromatic heterocycles. The van der Waals surface area contributed by atoms with Gasteiger partial charge in [-0.3, -0.25) is 0 Å². The van der Waals surface area contributed by atoms with Crippen molar-refractivity contribution in [1.29, 1.82) is 0 Å². The predicted molar refractivity (Wildman–Crippen MR) is 324 cm³/mol. The molecule has 0 aliphatic carbocycles. The van der Waals surface area contributed by atoms with Gasteiger partial charge in [-0.2, -0.15) is 0 Å². The van der Waals surface area contributed by atoms with E-state index in [1.165, 1.54) is 0 Å². The van der Waals surface area contributed by atoms with Crippen LogP contribution in [0, 0.1) is 5.92 Å². The molecule has 440 valence electrons. The molecule has 6 rings (SSSR count). The summed E-state index contributed by atoms with van der Waals surface area (Å²) in [5.41, 5.74) is 5.68. The Morgan fingerprint density at radius 1 is 0.400 bits per heavy atom. The van der Waals surface area contributed by atoms with Crippen molar-refractivity contribution in [2.45, 2.75) is 117 Å². The molecule has 0 saturated heterocycles. The van der Waals surface area contributed by atoms with Crippen LogP contribution in [0.5, 0.6) is 34.5 Å². The predicted octanol–water partition coefficient (Wildman–Crippen LogP) is 12.2. The summed E-state index contributed by atoms with van der Waals surface area (Å²) in [6, 6.07) is 47.0. The zero-order valence-corrected chi connectivity index (χ0v) is 49.0. The molecule has 0 radical (unpaired) electrons. The average molecular weight is 1170 g/mol. The van der Waals surface area contributed by atoms with Crippen LogP contribution in [0.3, 0.4) is 0 Å². The van der Waals surface area contributed by atoms with Crippen LogP contribution in [0.15, 0.2) is 146 Å². The van der Waals surface area contributed by atoms with E-state index in [4.69, 9.17) is 68.3 Å². The molecule has 0 fully saturated rings.